The summed E-state index contributed by atoms with van der Waals surface area (Å²) in [5.74, 6) is -0.0155. The van der Waals surface area contributed by atoms with E-state index in [0.717, 1.165) is 18.5 Å². The molecule has 0 amide bonds. The fourth-order valence-electron chi connectivity index (χ4n) is 1.62. The molecule has 0 saturated heterocycles. The number of hydrogen-bond donors (Lipinski definition) is 1. The number of hydrogen-bond acceptors (Lipinski definition) is 2. The predicted molar refractivity (Wildman–Crippen MR) is 73.4 cm³/mol. The molecule has 0 heterocycles. The molecule has 0 aliphatic rings. The van der Waals surface area contributed by atoms with Crippen LogP contribution >= 0.6 is 0 Å². The van der Waals surface area contributed by atoms with Crippen molar-refractivity contribution in [2.45, 2.75) is 40.2 Å². The molecule has 0 bridgehead atoms. The van der Waals surface area contributed by atoms with Crippen molar-refractivity contribution < 1.29 is 9.13 Å². The quantitative estimate of drug-likeness (QED) is 0.829. The van der Waals surface area contributed by atoms with Crippen LogP contribution < -0.4 is 10.1 Å². The van der Waals surface area contributed by atoms with E-state index in [9.17, 15) is 4.39 Å². The van der Waals surface area contributed by atoms with E-state index in [4.69, 9.17) is 4.74 Å². The van der Waals surface area contributed by atoms with E-state index in [0.29, 0.717) is 5.75 Å². The molecule has 3 heteroatoms. The van der Waals surface area contributed by atoms with E-state index in [-0.39, 0.29) is 17.3 Å². The van der Waals surface area contributed by atoms with E-state index in [1.165, 1.54) is 13.2 Å². The molecular formula is C15H24FNO. The lowest BCUT2D eigenvalue weighted by Crippen LogP contribution is -2.30. The Labute approximate surface area is 110 Å². The Kier molecular flexibility index (Phi) is 5.15. The van der Waals surface area contributed by atoms with Gasteiger partial charge in [-0.15, -0.1) is 0 Å². The summed E-state index contributed by atoms with van der Waals surface area (Å²) in [6.45, 7) is 9.59. The van der Waals surface area contributed by atoms with Gasteiger partial charge in [-0.1, -0.05) is 26.8 Å². The third-order valence-corrected chi connectivity index (χ3v) is 3.52. The van der Waals surface area contributed by atoms with Crippen LogP contribution in [-0.2, 0) is 0 Å². The Bertz CT molecular complexity index is 390. The molecule has 0 fully saturated rings. The van der Waals surface area contributed by atoms with Crippen LogP contribution in [0.5, 0.6) is 5.75 Å². The van der Waals surface area contributed by atoms with Gasteiger partial charge in [0.1, 0.15) is 0 Å². The maximum absolute atomic E-state index is 13.6. The van der Waals surface area contributed by atoms with Crippen molar-refractivity contribution in [3.8, 4) is 5.75 Å². The smallest absolute Gasteiger partial charge is 0.165 e. The molecule has 18 heavy (non-hydrogen) atoms. The molecule has 0 aliphatic heterocycles. The van der Waals surface area contributed by atoms with Gasteiger partial charge >= 0.3 is 0 Å². The number of nitrogens with one attached hydrogen (secondary N) is 1. The van der Waals surface area contributed by atoms with Gasteiger partial charge in [0, 0.05) is 12.6 Å². The van der Waals surface area contributed by atoms with Crippen LogP contribution in [0.25, 0.3) is 0 Å². The lowest BCUT2D eigenvalue weighted by Gasteiger charge is -2.26. The van der Waals surface area contributed by atoms with E-state index in [2.05, 4.69) is 26.1 Å². The Hall–Kier alpha value is -1.09. The van der Waals surface area contributed by atoms with Crippen LogP contribution in [0.3, 0.4) is 0 Å². The molecular weight excluding hydrogens is 229 g/mol. The molecule has 1 unspecified atom stereocenters. The standard InChI is InChI=1S/C15H24FNO/c1-6-15(3,4)10-17-11(2)12-7-8-14(18-5)13(16)9-12/h7-9,11,17H,6,10H2,1-5H3. The number of benzene rings is 1. The second-order valence-electron chi connectivity index (χ2n) is 5.51. The second-order valence-corrected chi connectivity index (χ2v) is 5.51. The molecule has 0 aliphatic carbocycles. The number of halogens is 1. The van der Waals surface area contributed by atoms with Crippen molar-refractivity contribution in [3.63, 3.8) is 0 Å². The van der Waals surface area contributed by atoms with Crippen molar-refractivity contribution in [3.05, 3.63) is 29.6 Å². The van der Waals surface area contributed by atoms with Crippen LogP contribution in [0.1, 0.15) is 45.7 Å². The van der Waals surface area contributed by atoms with Gasteiger partial charge in [-0.05, 0) is 36.5 Å². The van der Waals surface area contributed by atoms with Gasteiger partial charge in [0.2, 0.25) is 0 Å². The van der Waals surface area contributed by atoms with Crippen molar-refractivity contribution in [2.75, 3.05) is 13.7 Å². The zero-order valence-electron chi connectivity index (χ0n) is 12.0. The predicted octanol–water partition coefficient (Wildman–Crippen LogP) is 3.92. The molecule has 1 aromatic carbocycles. The first-order valence-corrected chi connectivity index (χ1v) is 6.46. The van der Waals surface area contributed by atoms with Crippen LogP contribution in [0.15, 0.2) is 18.2 Å². The first kappa shape index (κ1) is 15.0. The summed E-state index contributed by atoms with van der Waals surface area (Å²) >= 11 is 0. The Morgan fingerprint density at radius 3 is 2.56 bits per heavy atom. The third-order valence-electron chi connectivity index (χ3n) is 3.52. The molecule has 0 aromatic heterocycles. The minimum atomic E-state index is -0.307. The van der Waals surface area contributed by atoms with Crippen LogP contribution in [-0.4, -0.2) is 13.7 Å². The lowest BCUT2D eigenvalue weighted by molar-refractivity contribution is 0.313. The molecule has 0 spiro atoms. The van der Waals surface area contributed by atoms with Crippen LogP contribution in [0.2, 0.25) is 0 Å². The Balaban J connectivity index is 2.67. The van der Waals surface area contributed by atoms with Gasteiger partial charge in [0.25, 0.3) is 0 Å². The van der Waals surface area contributed by atoms with E-state index >= 15 is 0 Å². The summed E-state index contributed by atoms with van der Waals surface area (Å²) in [7, 11) is 1.48. The summed E-state index contributed by atoms with van der Waals surface area (Å²) < 4.78 is 18.5. The number of rotatable bonds is 6. The van der Waals surface area contributed by atoms with Gasteiger partial charge in [0.15, 0.2) is 11.6 Å². The van der Waals surface area contributed by atoms with Gasteiger partial charge in [-0.25, -0.2) is 4.39 Å². The lowest BCUT2D eigenvalue weighted by atomic mass is 9.90. The zero-order valence-corrected chi connectivity index (χ0v) is 12.0. The largest absolute Gasteiger partial charge is 0.494 e. The molecule has 0 saturated carbocycles. The zero-order chi connectivity index (χ0) is 13.8. The van der Waals surface area contributed by atoms with E-state index in [1.807, 2.05) is 13.0 Å². The first-order valence-electron chi connectivity index (χ1n) is 6.46. The summed E-state index contributed by atoms with van der Waals surface area (Å²) in [6, 6.07) is 5.25. The molecule has 2 nitrogen and oxygen atoms in total. The topological polar surface area (TPSA) is 21.3 Å². The molecule has 0 radical (unpaired) electrons. The molecule has 102 valence electrons. The van der Waals surface area contributed by atoms with Gasteiger partial charge in [-0.3, -0.25) is 0 Å². The molecule has 1 aromatic rings. The summed E-state index contributed by atoms with van der Waals surface area (Å²) in [6.07, 6.45) is 1.11. The van der Waals surface area contributed by atoms with Crippen molar-refractivity contribution >= 4 is 0 Å². The van der Waals surface area contributed by atoms with Gasteiger partial charge in [0.05, 0.1) is 7.11 Å². The maximum Gasteiger partial charge on any atom is 0.165 e. The Morgan fingerprint density at radius 1 is 1.39 bits per heavy atom. The van der Waals surface area contributed by atoms with Crippen molar-refractivity contribution in [2.24, 2.45) is 5.41 Å². The summed E-state index contributed by atoms with van der Waals surface area (Å²) in [5.41, 5.74) is 1.21. The maximum atomic E-state index is 13.6. The highest BCUT2D eigenvalue weighted by atomic mass is 19.1. The third kappa shape index (κ3) is 3.98. The normalized spacial score (nSPS) is 13.4. The minimum Gasteiger partial charge on any atom is -0.494 e. The monoisotopic (exact) mass is 253 g/mol. The van der Waals surface area contributed by atoms with Gasteiger partial charge < -0.3 is 10.1 Å². The van der Waals surface area contributed by atoms with Crippen molar-refractivity contribution in [1.82, 2.24) is 5.32 Å². The van der Waals surface area contributed by atoms with Crippen LogP contribution in [0, 0.1) is 11.2 Å². The highest BCUT2D eigenvalue weighted by Gasteiger charge is 2.17. The summed E-state index contributed by atoms with van der Waals surface area (Å²) in [5, 5.41) is 3.45. The number of methoxy groups -OCH3 is 1. The fourth-order valence-corrected chi connectivity index (χ4v) is 1.62. The van der Waals surface area contributed by atoms with Gasteiger partial charge in [-0.2, -0.15) is 0 Å². The second kappa shape index (κ2) is 6.19. The van der Waals surface area contributed by atoms with Crippen LogP contribution in [0.4, 0.5) is 4.39 Å². The highest BCUT2D eigenvalue weighted by molar-refractivity contribution is 5.30. The minimum absolute atomic E-state index is 0.135. The first-order chi connectivity index (χ1) is 8.39. The number of ether oxygens (including phenoxy) is 1. The summed E-state index contributed by atoms with van der Waals surface area (Å²) in [4.78, 5) is 0. The molecule has 1 atom stereocenters. The molecule has 1 N–H and O–H groups in total. The highest BCUT2D eigenvalue weighted by Crippen LogP contribution is 2.23. The SMILES string of the molecule is CCC(C)(C)CNC(C)c1ccc(OC)c(F)c1. The van der Waals surface area contributed by atoms with E-state index < -0.39 is 0 Å². The van der Waals surface area contributed by atoms with E-state index in [1.54, 1.807) is 6.07 Å². The fraction of sp³-hybridized carbons (Fsp3) is 0.600. The average Bonchev–Trinajstić information content (AvgIpc) is 2.36. The Morgan fingerprint density at radius 2 is 2.06 bits per heavy atom. The average molecular weight is 253 g/mol. The van der Waals surface area contributed by atoms with Crippen molar-refractivity contribution in [1.29, 1.82) is 0 Å². The molecule has 1 rings (SSSR count).